The van der Waals surface area contributed by atoms with Crippen LogP contribution in [0.3, 0.4) is 0 Å². The van der Waals surface area contributed by atoms with Crippen molar-refractivity contribution in [2.75, 3.05) is 45.9 Å². The lowest BCUT2D eigenvalue weighted by Crippen LogP contribution is -2.49. The van der Waals surface area contributed by atoms with Gasteiger partial charge in [0, 0.05) is 38.6 Å². The van der Waals surface area contributed by atoms with Crippen LogP contribution in [0, 0.1) is 5.92 Å². The number of hydrogen-bond donors (Lipinski definition) is 0. The predicted molar refractivity (Wildman–Crippen MR) is 121 cm³/mol. The Balaban J connectivity index is 1.43. The minimum atomic E-state index is -0.0556. The molecule has 0 radical (unpaired) electrons. The summed E-state index contributed by atoms with van der Waals surface area (Å²) in [7, 11) is 0. The molecule has 1 aromatic heterocycles. The molecule has 1 aromatic carbocycles. The monoisotopic (exact) mass is 439 g/mol. The Morgan fingerprint density at radius 3 is 2.41 bits per heavy atom. The van der Waals surface area contributed by atoms with Gasteiger partial charge in [0.15, 0.2) is 0 Å². The molecule has 7 nitrogen and oxygen atoms in total. The molecule has 0 bridgehead atoms. The number of hydrogen-bond acceptors (Lipinski definition) is 5. The third-order valence-electron chi connectivity index (χ3n) is 6.38. The minimum Gasteiger partial charge on any atom is -0.467 e. The van der Waals surface area contributed by atoms with Gasteiger partial charge in [0.25, 0.3) is 0 Å². The summed E-state index contributed by atoms with van der Waals surface area (Å²) in [6.07, 6.45) is 4.58. The molecular weight excluding hydrogens is 406 g/mol. The first kappa shape index (κ1) is 22.6. The van der Waals surface area contributed by atoms with Gasteiger partial charge in [-0.25, -0.2) is 0 Å². The van der Waals surface area contributed by atoms with Crippen LogP contribution in [0.2, 0.25) is 0 Å². The lowest BCUT2D eigenvalue weighted by Gasteiger charge is -2.35. The fourth-order valence-corrected chi connectivity index (χ4v) is 4.16. The Morgan fingerprint density at radius 2 is 1.75 bits per heavy atom. The summed E-state index contributed by atoms with van der Waals surface area (Å²) in [5, 5.41) is 0. The Kier molecular flexibility index (Phi) is 7.96. The summed E-state index contributed by atoms with van der Waals surface area (Å²) < 4.78 is 10.9. The molecule has 1 saturated carbocycles. The third kappa shape index (κ3) is 6.20. The molecule has 2 heterocycles. The topological polar surface area (TPSA) is 66.2 Å². The maximum atomic E-state index is 13.4. The Bertz CT molecular complexity index is 845. The normalized spacial score (nSPS) is 17.0. The highest BCUT2D eigenvalue weighted by atomic mass is 16.5. The van der Waals surface area contributed by atoms with Crippen molar-refractivity contribution >= 4 is 11.8 Å². The maximum Gasteiger partial charge on any atom is 0.242 e. The molecule has 2 fully saturated rings. The van der Waals surface area contributed by atoms with E-state index in [4.69, 9.17) is 9.15 Å². The second kappa shape index (κ2) is 11.3. The minimum absolute atomic E-state index is 0.0556. The highest BCUT2D eigenvalue weighted by molar-refractivity contribution is 5.86. The van der Waals surface area contributed by atoms with Crippen molar-refractivity contribution in [1.82, 2.24) is 14.7 Å². The molecule has 172 valence electrons. The average Bonchev–Trinajstić information content (AvgIpc) is 3.29. The zero-order valence-corrected chi connectivity index (χ0v) is 18.7. The highest BCUT2D eigenvalue weighted by Crippen LogP contribution is 2.28. The Morgan fingerprint density at radius 1 is 0.969 bits per heavy atom. The molecule has 0 spiro atoms. The molecular formula is C25H33N3O4. The van der Waals surface area contributed by atoms with Crippen molar-refractivity contribution in [3.63, 3.8) is 0 Å². The molecule has 4 rings (SSSR count). The van der Waals surface area contributed by atoms with Gasteiger partial charge in [-0.2, -0.15) is 0 Å². The first-order valence-electron chi connectivity index (χ1n) is 11.6. The van der Waals surface area contributed by atoms with Gasteiger partial charge in [0.05, 0.1) is 32.6 Å². The van der Waals surface area contributed by atoms with Gasteiger partial charge >= 0.3 is 0 Å². The third-order valence-corrected chi connectivity index (χ3v) is 6.38. The molecule has 7 heteroatoms. The maximum absolute atomic E-state index is 13.4. The molecule has 1 aliphatic heterocycles. The van der Waals surface area contributed by atoms with E-state index in [2.05, 4.69) is 4.90 Å². The molecule has 0 N–H and O–H groups in total. The zero-order chi connectivity index (χ0) is 22.2. The van der Waals surface area contributed by atoms with Crippen LogP contribution in [0.15, 0.2) is 53.1 Å². The van der Waals surface area contributed by atoms with E-state index in [0.717, 1.165) is 63.4 Å². The van der Waals surface area contributed by atoms with Gasteiger partial charge in [0.2, 0.25) is 11.8 Å². The summed E-state index contributed by atoms with van der Waals surface area (Å²) in [5.41, 5.74) is 1.05. The van der Waals surface area contributed by atoms with Crippen LogP contribution in [0.25, 0.3) is 0 Å². The SMILES string of the molecule is O=C(CN(CCN1CCOCC1)C(=O)C1CCC1)N(Cc1ccccc1)Cc1ccco1. The van der Waals surface area contributed by atoms with Gasteiger partial charge < -0.3 is 19.0 Å². The predicted octanol–water partition coefficient (Wildman–Crippen LogP) is 2.77. The number of ether oxygens (including phenoxy) is 1. The van der Waals surface area contributed by atoms with Crippen LogP contribution in [-0.2, 0) is 27.4 Å². The lowest BCUT2D eigenvalue weighted by molar-refractivity contribution is -0.145. The molecule has 1 aliphatic carbocycles. The van der Waals surface area contributed by atoms with Crippen molar-refractivity contribution < 1.29 is 18.7 Å². The molecule has 2 aromatic rings. The Hall–Kier alpha value is -2.64. The van der Waals surface area contributed by atoms with E-state index in [0.29, 0.717) is 19.6 Å². The van der Waals surface area contributed by atoms with Crippen LogP contribution in [0.5, 0.6) is 0 Å². The van der Waals surface area contributed by atoms with E-state index in [-0.39, 0.29) is 24.3 Å². The van der Waals surface area contributed by atoms with E-state index >= 15 is 0 Å². The fourth-order valence-electron chi connectivity index (χ4n) is 4.16. The Labute approximate surface area is 189 Å². The van der Waals surface area contributed by atoms with E-state index in [1.807, 2.05) is 42.5 Å². The smallest absolute Gasteiger partial charge is 0.242 e. The van der Waals surface area contributed by atoms with Gasteiger partial charge in [-0.15, -0.1) is 0 Å². The first-order valence-corrected chi connectivity index (χ1v) is 11.6. The number of benzene rings is 1. The van der Waals surface area contributed by atoms with Crippen LogP contribution >= 0.6 is 0 Å². The van der Waals surface area contributed by atoms with E-state index in [9.17, 15) is 9.59 Å². The van der Waals surface area contributed by atoms with Crippen LogP contribution in [-0.4, -0.2) is 72.5 Å². The molecule has 0 unspecified atom stereocenters. The standard InChI is InChI=1S/C25H33N3O4/c29-24(28(19-23-10-5-15-32-23)18-21-6-2-1-3-7-21)20-27(25(30)22-8-4-9-22)12-11-26-13-16-31-17-14-26/h1-3,5-7,10,15,22H,4,8-9,11-14,16-20H2. The summed E-state index contributed by atoms with van der Waals surface area (Å²) >= 11 is 0. The number of amides is 2. The van der Waals surface area contributed by atoms with Crippen LogP contribution < -0.4 is 0 Å². The number of carbonyl (C=O) groups is 2. The van der Waals surface area contributed by atoms with E-state index in [1.165, 1.54) is 0 Å². The average molecular weight is 440 g/mol. The number of rotatable bonds is 10. The van der Waals surface area contributed by atoms with E-state index < -0.39 is 0 Å². The van der Waals surface area contributed by atoms with Gasteiger partial charge in [-0.1, -0.05) is 36.8 Å². The molecule has 0 atom stereocenters. The summed E-state index contributed by atoms with van der Waals surface area (Å²) in [6, 6.07) is 13.6. The summed E-state index contributed by atoms with van der Waals surface area (Å²) in [4.78, 5) is 32.4. The zero-order valence-electron chi connectivity index (χ0n) is 18.7. The summed E-state index contributed by atoms with van der Waals surface area (Å²) in [6.45, 7) is 5.51. The highest BCUT2D eigenvalue weighted by Gasteiger charge is 2.31. The molecule has 2 amide bonds. The van der Waals surface area contributed by atoms with Gasteiger partial charge in [-0.05, 0) is 30.5 Å². The second-order valence-electron chi connectivity index (χ2n) is 8.66. The van der Waals surface area contributed by atoms with Crippen molar-refractivity contribution in [3.8, 4) is 0 Å². The number of carbonyl (C=O) groups excluding carboxylic acids is 2. The summed E-state index contributed by atoms with van der Waals surface area (Å²) in [5.74, 6) is 0.870. The van der Waals surface area contributed by atoms with Crippen LogP contribution in [0.4, 0.5) is 0 Å². The van der Waals surface area contributed by atoms with Crippen LogP contribution in [0.1, 0.15) is 30.6 Å². The van der Waals surface area contributed by atoms with Gasteiger partial charge in [0.1, 0.15) is 5.76 Å². The number of nitrogens with zero attached hydrogens (tertiary/aromatic N) is 3. The number of furan rings is 1. The molecule has 1 saturated heterocycles. The van der Waals surface area contributed by atoms with Crippen molar-refractivity contribution in [2.45, 2.75) is 32.4 Å². The number of morpholine rings is 1. The molecule has 32 heavy (non-hydrogen) atoms. The fraction of sp³-hybridized carbons (Fsp3) is 0.520. The van der Waals surface area contributed by atoms with Gasteiger partial charge in [-0.3, -0.25) is 14.5 Å². The van der Waals surface area contributed by atoms with E-state index in [1.54, 1.807) is 16.1 Å². The van der Waals surface area contributed by atoms with Crippen molar-refractivity contribution in [1.29, 1.82) is 0 Å². The van der Waals surface area contributed by atoms with Crippen molar-refractivity contribution in [2.24, 2.45) is 5.92 Å². The quantitative estimate of drug-likeness (QED) is 0.570. The second-order valence-corrected chi connectivity index (χ2v) is 8.66. The van der Waals surface area contributed by atoms with Crippen molar-refractivity contribution in [3.05, 3.63) is 60.1 Å². The molecule has 2 aliphatic rings. The first-order chi connectivity index (χ1) is 15.7. The largest absolute Gasteiger partial charge is 0.467 e. The lowest BCUT2D eigenvalue weighted by atomic mass is 9.84.